The van der Waals surface area contributed by atoms with Gasteiger partial charge in [-0.05, 0) is 12.8 Å². The number of carbonyl (C=O) groups is 1. The fourth-order valence-corrected chi connectivity index (χ4v) is 2.18. The van der Waals surface area contributed by atoms with Crippen LogP contribution in [0.4, 0.5) is 11.6 Å². The summed E-state index contributed by atoms with van der Waals surface area (Å²) in [4.78, 5) is 21.4. The van der Waals surface area contributed by atoms with Crippen molar-refractivity contribution in [1.82, 2.24) is 9.97 Å². The van der Waals surface area contributed by atoms with Crippen molar-refractivity contribution in [3.05, 3.63) is 25.0 Å². The highest BCUT2D eigenvalue weighted by atomic mass is 16.4. The molecule has 0 amide bonds. The van der Waals surface area contributed by atoms with Gasteiger partial charge in [-0.1, -0.05) is 6.08 Å². The molecule has 19 heavy (non-hydrogen) atoms. The van der Waals surface area contributed by atoms with Crippen LogP contribution in [0.15, 0.2) is 25.0 Å². The van der Waals surface area contributed by atoms with Crippen LogP contribution in [0, 0.1) is 5.92 Å². The standard InChI is InChI=1S/C13H18N4O2/c1-2-5-14-11-7-12(16-9-15-11)17-6-3-4-10(8-17)13(18)19/h2,7,9-10H,1,3-6,8H2,(H,18,19)(H,14,15,16). The van der Waals surface area contributed by atoms with Gasteiger partial charge in [-0.25, -0.2) is 9.97 Å². The van der Waals surface area contributed by atoms with Crippen molar-refractivity contribution < 1.29 is 9.90 Å². The number of carboxylic acid groups (broad SMARTS) is 1. The molecule has 6 heteroatoms. The lowest BCUT2D eigenvalue weighted by Crippen LogP contribution is -2.39. The average Bonchev–Trinajstić information content (AvgIpc) is 2.45. The maximum atomic E-state index is 11.1. The van der Waals surface area contributed by atoms with Crippen LogP contribution in [0.2, 0.25) is 0 Å². The zero-order valence-corrected chi connectivity index (χ0v) is 10.7. The normalized spacial score (nSPS) is 18.9. The summed E-state index contributed by atoms with van der Waals surface area (Å²) in [5.41, 5.74) is 0. The molecule has 6 nitrogen and oxygen atoms in total. The van der Waals surface area contributed by atoms with Crippen molar-refractivity contribution in [3.8, 4) is 0 Å². The maximum absolute atomic E-state index is 11.1. The van der Waals surface area contributed by atoms with E-state index in [9.17, 15) is 4.79 Å². The van der Waals surface area contributed by atoms with Crippen molar-refractivity contribution in [1.29, 1.82) is 0 Å². The SMILES string of the molecule is C=CCNc1cc(N2CCCC(C(=O)O)C2)ncn1. The van der Waals surface area contributed by atoms with Crippen LogP contribution < -0.4 is 10.2 Å². The minimum Gasteiger partial charge on any atom is -0.481 e. The Morgan fingerprint density at radius 3 is 3.21 bits per heavy atom. The van der Waals surface area contributed by atoms with E-state index < -0.39 is 5.97 Å². The summed E-state index contributed by atoms with van der Waals surface area (Å²) < 4.78 is 0. The second-order valence-corrected chi connectivity index (χ2v) is 4.55. The molecule has 0 aliphatic carbocycles. The van der Waals surface area contributed by atoms with Gasteiger partial charge in [0.2, 0.25) is 0 Å². The molecule has 1 aromatic rings. The quantitative estimate of drug-likeness (QED) is 0.780. The van der Waals surface area contributed by atoms with E-state index in [2.05, 4.69) is 21.9 Å². The molecule has 2 heterocycles. The van der Waals surface area contributed by atoms with Crippen LogP contribution in [0.1, 0.15) is 12.8 Å². The summed E-state index contributed by atoms with van der Waals surface area (Å²) in [5, 5.41) is 12.2. The zero-order chi connectivity index (χ0) is 13.7. The average molecular weight is 262 g/mol. The molecule has 1 fully saturated rings. The van der Waals surface area contributed by atoms with E-state index in [1.807, 2.05) is 11.0 Å². The molecule has 2 rings (SSSR count). The Hall–Kier alpha value is -2.11. The number of aliphatic carboxylic acids is 1. The number of rotatable bonds is 5. The first-order valence-corrected chi connectivity index (χ1v) is 6.35. The Morgan fingerprint density at radius 2 is 2.47 bits per heavy atom. The molecule has 0 saturated carbocycles. The van der Waals surface area contributed by atoms with Crippen LogP contribution in [0.25, 0.3) is 0 Å². The first-order chi connectivity index (χ1) is 9.20. The molecule has 0 spiro atoms. The predicted octanol–water partition coefficient (Wildman–Crippen LogP) is 1.38. The van der Waals surface area contributed by atoms with Crippen LogP contribution in [-0.4, -0.2) is 40.7 Å². The molecular formula is C13H18N4O2. The van der Waals surface area contributed by atoms with Gasteiger partial charge in [0.15, 0.2) is 0 Å². The summed E-state index contributed by atoms with van der Waals surface area (Å²) in [7, 11) is 0. The molecule has 102 valence electrons. The van der Waals surface area contributed by atoms with Gasteiger partial charge in [0.1, 0.15) is 18.0 Å². The molecule has 0 bridgehead atoms. The number of carboxylic acids is 1. The summed E-state index contributed by atoms with van der Waals surface area (Å²) in [5.74, 6) is 0.451. The third-order valence-electron chi connectivity index (χ3n) is 3.17. The second kappa shape index (κ2) is 6.17. The van der Waals surface area contributed by atoms with Crippen molar-refractivity contribution >= 4 is 17.6 Å². The minimum absolute atomic E-state index is 0.312. The van der Waals surface area contributed by atoms with Crippen molar-refractivity contribution in [2.24, 2.45) is 5.92 Å². The number of nitrogens with one attached hydrogen (secondary N) is 1. The van der Waals surface area contributed by atoms with E-state index in [0.717, 1.165) is 31.0 Å². The molecule has 1 aromatic heterocycles. The van der Waals surface area contributed by atoms with Gasteiger partial charge in [0.25, 0.3) is 0 Å². The molecule has 1 atom stereocenters. The summed E-state index contributed by atoms with van der Waals surface area (Å²) in [6.45, 7) is 5.61. The fraction of sp³-hybridized carbons (Fsp3) is 0.462. The third kappa shape index (κ3) is 3.43. The van der Waals surface area contributed by atoms with Gasteiger partial charge in [-0.2, -0.15) is 0 Å². The number of hydrogen-bond acceptors (Lipinski definition) is 5. The van der Waals surface area contributed by atoms with Crippen LogP contribution in [0.3, 0.4) is 0 Å². The van der Waals surface area contributed by atoms with Gasteiger partial charge < -0.3 is 15.3 Å². The summed E-state index contributed by atoms with van der Waals surface area (Å²) in [6, 6.07) is 1.84. The first kappa shape index (κ1) is 13.3. The number of anilines is 2. The van der Waals surface area contributed by atoms with E-state index in [1.165, 1.54) is 6.33 Å². The van der Waals surface area contributed by atoms with E-state index >= 15 is 0 Å². The number of aromatic nitrogens is 2. The van der Waals surface area contributed by atoms with Crippen molar-refractivity contribution in [2.75, 3.05) is 29.9 Å². The summed E-state index contributed by atoms with van der Waals surface area (Å²) >= 11 is 0. The fourth-order valence-electron chi connectivity index (χ4n) is 2.18. The Labute approximate surface area is 112 Å². The smallest absolute Gasteiger partial charge is 0.308 e. The van der Waals surface area contributed by atoms with E-state index in [4.69, 9.17) is 5.11 Å². The van der Waals surface area contributed by atoms with Gasteiger partial charge in [-0.3, -0.25) is 4.79 Å². The lowest BCUT2D eigenvalue weighted by molar-refractivity contribution is -0.141. The predicted molar refractivity (Wildman–Crippen MR) is 73.3 cm³/mol. The number of nitrogens with zero attached hydrogens (tertiary/aromatic N) is 3. The minimum atomic E-state index is -0.733. The van der Waals surface area contributed by atoms with Gasteiger partial charge >= 0.3 is 5.97 Å². The van der Waals surface area contributed by atoms with Crippen molar-refractivity contribution in [2.45, 2.75) is 12.8 Å². The van der Waals surface area contributed by atoms with Gasteiger partial charge in [-0.15, -0.1) is 6.58 Å². The summed E-state index contributed by atoms with van der Waals surface area (Å²) in [6.07, 6.45) is 4.85. The molecule has 1 unspecified atom stereocenters. The molecule has 1 aliphatic rings. The Balaban J connectivity index is 2.08. The monoisotopic (exact) mass is 262 g/mol. The second-order valence-electron chi connectivity index (χ2n) is 4.55. The highest BCUT2D eigenvalue weighted by Crippen LogP contribution is 2.22. The maximum Gasteiger partial charge on any atom is 0.308 e. The molecule has 0 aromatic carbocycles. The number of piperidine rings is 1. The largest absolute Gasteiger partial charge is 0.481 e. The first-order valence-electron chi connectivity index (χ1n) is 6.35. The van der Waals surface area contributed by atoms with Crippen LogP contribution >= 0.6 is 0 Å². The highest BCUT2D eigenvalue weighted by Gasteiger charge is 2.26. The zero-order valence-electron chi connectivity index (χ0n) is 10.7. The van der Waals surface area contributed by atoms with Crippen LogP contribution in [0.5, 0.6) is 0 Å². The lowest BCUT2D eigenvalue weighted by atomic mass is 9.98. The molecule has 2 N–H and O–H groups in total. The topological polar surface area (TPSA) is 78.4 Å². The molecule has 0 radical (unpaired) electrons. The molecular weight excluding hydrogens is 244 g/mol. The van der Waals surface area contributed by atoms with E-state index in [-0.39, 0.29) is 5.92 Å². The molecule has 1 aliphatic heterocycles. The van der Waals surface area contributed by atoms with Gasteiger partial charge in [0, 0.05) is 25.7 Å². The van der Waals surface area contributed by atoms with Crippen molar-refractivity contribution in [3.63, 3.8) is 0 Å². The van der Waals surface area contributed by atoms with E-state index in [1.54, 1.807) is 6.08 Å². The van der Waals surface area contributed by atoms with Crippen LogP contribution in [-0.2, 0) is 4.79 Å². The van der Waals surface area contributed by atoms with E-state index in [0.29, 0.717) is 13.1 Å². The highest BCUT2D eigenvalue weighted by molar-refractivity contribution is 5.71. The number of hydrogen-bond donors (Lipinski definition) is 2. The Bertz CT molecular complexity index is 464. The third-order valence-corrected chi connectivity index (χ3v) is 3.17. The molecule has 1 saturated heterocycles. The Morgan fingerprint density at radius 1 is 1.63 bits per heavy atom. The van der Waals surface area contributed by atoms with Gasteiger partial charge in [0.05, 0.1) is 5.92 Å². The Kier molecular flexibility index (Phi) is 4.33. The lowest BCUT2D eigenvalue weighted by Gasteiger charge is -2.31.